The molecule has 0 saturated carbocycles. The van der Waals surface area contributed by atoms with E-state index in [1.165, 1.54) is 0 Å². The van der Waals surface area contributed by atoms with Crippen LogP contribution in [0.1, 0.15) is 17.3 Å². The summed E-state index contributed by atoms with van der Waals surface area (Å²) in [6.45, 7) is 1.55. The van der Waals surface area contributed by atoms with E-state index in [4.69, 9.17) is 5.73 Å². The number of rotatable bonds is 3. The monoisotopic (exact) mass is 355 g/mol. The summed E-state index contributed by atoms with van der Waals surface area (Å²) >= 11 is 3.47. The van der Waals surface area contributed by atoms with Gasteiger partial charge in [-0.05, 0) is 49.4 Å². The lowest BCUT2D eigenvalue weighted by atomic mass is 10.1. The molecule has 0 bridgehead atoms. The topological polar surface area (TPSA) is 68.0 Å². The lowest BCUT2D eigenvalue weighted by molar-refractivity contribution is 0.101. The normalized spacial score (nSPS) is 10.6. The molecule has 110 valence electrons. The van der Waals surface area contributed by atoms with Gasteiger partial charge in [-0.25, -0.2) is 0 Å². The standard InChI is InChI=1S/C17H14BrN3O/c1-10(22)11-2-5-13(6-3-11)21-17-14-8-12(18)4-7-16(14)20-9-15(17)19/h2-9H,19H2,1H3,(H,20,21). The highest BCUT2D eigenvalue weighted by atomic mass is 79.9. The molecule has 0 fully saturated rings. The van der Waals surface area contributed by atoms with E-state index in [1.54, 1.807) is 25.3 Å². The second-order valence-electron chi connectivity index (χ2n) is 5.01. The molecule has 0 aliphatic rings. The van der Waals surface area contributed by atoms with E-state index in [1.807, 2.05) is 30.3 Å². The van der Waals surface area contributed by atoms with E-state index in [9.17, 15) is 4.79 Å². The molecule has 0 aliphatic carbocycles. The fraction of sp³-hybridized carbons (Fsp3) is 0.0588. The van der Waals surface area contributed by atoms with E-state index < -0.39 is 0 Å². The number of nitrogens with two attached hydrogens (primary N) is 1. The van der Waals surface area contributed by atoms with Gasteiger partial charge in [-0.1, -0.05) is 15.9 Å². The third-order valence-electron chi connectivity index (χ3n) is 3.42. The highest BCUT2D eigenvalue weighted by Gasteiger charge is 2.08. The Morgan fingerprint density at radius 2 is 1.91 bits per heavy atom. The van der Waals surface area contributed by atoms with Gasteiger partial charge in [-0.15, -0.1) is 0 Å². The number of pyridine rings is 1. The van der Waals surface area contributed by atoms with Crippen molar-refractivity contribution in [3.05, 3.63) is 58.7 Å². The first-order valence-corrected chi connectivity index (χ1v) is 7.55. The number of carbonyl (C=O) groups excluding carboxylic acids is 1. The molecule has 4 nitrogen and oxygen atoms in total. The first-order valence-electron chi connectivity index (χ1n) is 6.76. The molecule has 1 aromatic heterocycles. The maximum atomic E-state index is 11.3. The summed E-state index contributed by atoms with van der Waals surface area (Å²) in [5.74, 6) is 0.0457. The number of ketones is 1. The number of aromatic nitrogens is 1. The minimum Gasteiger partial charge on any atom is -0.396 e. The van der Waals surface area contributed by atoms with Gasteiger partial charge in [0.25, 0.3) is 0 Å². The molecule has 0 saturated heterocycles. The van der Waals surface area contributed by atoms with Gasteiger partial charge in [-0.2, -0.15) is 0 Å². The SMILES string of the molecule is CC(=O)c1ccc(Nc2c(N)cnc3ccc(Br)cc23)cc1. The minimum atomic E-state index is 0.0457. The fourth-order valence-corrected chi connectivity index (χ4v) is 2.61. The highest BCUT2D eigenvalue weighted by Crippen LogP contribution is 2.32. The predicted octanol–water partition coefficient (Wildman–Crippen LogP) is 4.53. The van der Waals surface area contributed by atoms with Crippen LogP contribution >= 0.6 is 15.9 Å². The summed E-state index contributed by atoms with van der Waals surface area (Å²) < 4.78 is 0.961. The first-order chi connectivity index (χ1) is 10.5. The number of fused-ring (bicyclic) bond motifs is 1. The van der Waals surface area contributed by atoms with Gasteiger partial charge >= 0.3 is 0 Å². The quantitative estimate of drug-likeness (QED) is 0.677. The number of nitrogens with zero attached hydrogens (tertiary/aromatic N) is 1. The molecule has 1 heterocycles. The Bertz CT molecular complexity index is 854. The summed E-state index contributed by atoms with van der Waals surface area (Å²) in [5.41, 5.74) is 9.85. The van der Waals surface area contributed by atoms with Gasteiger partial charge in [0, 0.05) is 21.1 Å². The van der Waals surface area contributed by atoms with Crippen LogP contribution in [0.3, 0.4) is 0 Å². The van der Waals surface area contributed by atoms with Crippen LogP contribution in [-0.2, 0) is 0 Å². The fourth-order valence-electron chi connectivity index (χ4n) is 2.25. The maximum Gasteiger partial charge on any atom is 0.159 e. The first kappa shape index (κ1) is 14.5. The van der Waals surface area contributed by atoms with Gasteiger partial charge in [0.1, 0.15) is 0 Å². The van der Waals surface area contributed by atoms with Crippen molar-refractivity contribution in [1.29, 1.82) is 0 Å². The molecule has 3 N–H and O–H groups in total. The number of anilines is 3. The molecule has 22 heavy (non-hydrogen) atoms. The molecule has 2 aromatic carbocycles. The van der Waals surface area contributed by atoms with Crippen LogP contribution in [0.25, 0.3) is 10.9 Å². The average molecular weight is 356 g/mol. The number of nitrogens with one attached hydrogen (secondary N) is 1. The van der Waals surface area contributed by atoms with Gasteiger partial charge in [0.2, 0.25) is 0 Å². The predicted molar refractivity (Wildman–Crippen MR) is 93.6 cm³/mol. The number of Topliss-reactive ketones (excluding diaryl/α,β-unsaturated/α-hetero) is 1. The number of halogens is 1. The lowest BCUT2D eigenvalue weighted by Crippen LogP contribution is -1.99. The van der Waals surface area contributed by atoms with Crippen LogP contribution in [0.4, 0.5) is 17.1 Å². The number of nitrogen functional groups attached to an aromatic ring is 1. The Balaban J connectivity index is 2.04. The van der Waals surface area contributed by atoms with Gasteiger partial charge in [-0.3, -0.25) is 9.78 Å². The van der Waals surface area contributed by atoms with Gasteiger partial charge in [0.15, 0.2) is 5.78 Å². The van der Waals surface area contributed by atoms with E-state index in [0.717, 1.165) is 26.8 Å². The highest BCUT2D eigenvalue weighted by molar-refractivity contribution is 9.10. The van der Waals surface area contributed by atoms with E-state index in [-0.39, 0.29) is 5.78 Å². The number of carbonyl (C=O) groups is 1. The summed E-state index contributed by atoms with van der Waals surface area (Å²) in [4.78, 5) is 15.7. The van der Waals surface area contributed by atoms with Crippen molar-refractivity contribution < 1.29 is 4.79 Å². The van der Waals surface area contributed by atoms with E-state index >= 15 is 0 Å². The molecule has 3 rings (SSSR count). The molecular weight excluding hydrogens is 342 g/mol. The van der Waals surface area contributed by atoms with Crippen LogP contribution in [0, 0.1) is 0 Å². The Morgan fingerprint density at radius 3 is 2.59 bits per heavy atom. The minimum absolute atomic E-state index is 0.0457. The Morgan fingerprint density at radius 1 is 1.18 bits per heavy atom. The molecule has 0 radical (unpaired) electrons. The summed E-state index contributed by atoms with van der Waals surface area (Å²) in [6, 6.07) is 13.2. The zero-order valence-electron chi connectivity index (χ0n) is 11.9. The zero-order valence-corrected chi connectivity index (χ0v) is 13.5. The largest absolute Gasteiger partial charge is 0.396 e. The Labute approximate surface area is 136 Å². The number of benzene rings is 2. The molecule has 0 amide bonds. The van der Waals surface area contributed by atoms with Crippen molar-refractivity contribution in [2.24, 2.45) is 0 Å². The third-order valence-corrected chi connectivity index (χ3v) is 3.91. The number of hydrogen-bond donors (Lipinski definition) is 2. The van der Waals surface area contributed by atoms with E-state index in [2.05, 4.69) is 26.2 Å². The molecule has 0 spiro atoms. The molecule has 0 atom stereocenters. The molecule has 0 unspecified atom stereocenters. The van der Waals surface area contributed by atoms with Crippen molar-refractivity contribution in [2.45, 2.75) is 6.92 Å². The van der Waals surface area contributed by atoms with Crippen molar-refractivity contribution in [3.63, 3.8) is 0 Å². The summed E-state index contributed by atoms with van der Waals surface area (Å²) in [6.07, 6.45) is 1.64. The van der Waals surface area contributed by atoms with Crippen LogP contribution in [0.5, 0.6) is 0 Å². The third kappa shape index (κ3) is 2.80. The van der Waals surface area contributed by atoms with Crippen molar-refractivity contribution in [3.8, 4) is 0 Å². The second kappa shape index (κ2) is 5.77. The molecule has 5 heteroatoms. The smallest absolute Gasteiger partial charge is 0.159 e. The van der Waals surface area contributed by atoms with Gasteiger partial charge in [0.05, 0.1) is 23.1 Å². The van der Waals surface area contributed by atoms with E-state index in [0.29, 0.717) is 11.3 Å². The Hall–Kier alpha value is -2.40. The van der Waals surface area contributed by atoms with Crippen molar-refractivity contribution in [2.75, 3.05) is 11.1 Å². The zero-order chi connectivity index (χ0) is 15.7. The lowest BCUT2D eigenvalue weighted by Gasteiger charge is -2.13. The van der Waals surface area contributed by atoms with Crippen LogP contribution in [0.15, 0.2) is 53.1 Å². The average Bonchev–Trinajstić information content (AvgIpc) is 2.51. The van der Waals surface area contributed by atoms with Gasteiger partial charge < -0.3 is 11.1 Å². The molecule has 3 aromatic rings. The van der Waals surface area contributed by atoms with Crippen molar-refractivity contribution in [1.82, 2.24) is 4.98 Å². The van der Waals surface area contributed by atoms with Crippen LogP contribution < -0.4 is 11.1 Å². The van der Waals surface area contributed by atoms with Crippen LogP contribution in [0.2, 0.25) is 0 Å². The second-order valence-corrected chi connectivity index (χ2v) is 5.92. The molecule has 0 aliphatic heterocycles. The maximum absolute atomic E-state index is 11.3. The molecular formula is C17H14BrN3O. The number of hydrogen-bond acceptors (Lipinski definition) is 4. The Kier molecular flexibility index (Phi) is 3.81. The van der Waals surface area contributed by atoms with Crippen LogP contribution in [-0.4, -0.2) is 10.8 Å². The van der Waals surface area contributed by atoms with Crippen molar-refractivity contribution >= 4 is 49.7 Å². The summed E-state index contributed by atoms with van der Waals surface area (Å²) in [7, 11) is 0. The summed E-state index contributed by atoms with van der Waals surface area (Å²) in [5, 5.41) is 4.25.